The molecule has 2 N–H and O–H groups in total. The first-order chi connectivity index (χ1) is 17.6. The van der Waals surface area contributed by atoms with Gasteiger partial charge in [0.05, 0.1) is 36.0 Å². The third kappa shape index (κ3) is 7.61. The Morgan fingerprint density at radius 2 is 1.75 bits per heavy atom. The molecule has 3 heterocycles. The van der Waals surface area contributed by atoms with Crippen LogP contribution in [-0.2, 0) is 4.74 Å². The standard InChI is InChI=1S/C30H41N3O3/c1-5-8-9-10-11-12-13-14-15-16-23-18-19-24(32-23)21-26-29(35-6-2)27(30(34)36-7-3)28(33-26)25-20-17-22(4)31-25/h5,17-21,31,33H,1,6-16H2,2-4H3. The Bertz CT molecular complexity index is 1100. The van der Waals surface area contributed by atoms with Crippen LogP contribution in [0.2, 0.25) is 0 Å². The van der Waals surface area contributed by atoms with E-state index < -0.39 is 5.97 Å². The lowest BCUT2D eigenvalue weighted by molar-refractivity contribution is 0.0523. The number of H-pyrrole nitrogens is 2. The number of rotatable bonds is 16. The number of nitrogens with zero attached hydrogens (tertiary/aromatic N) is 1. The lowest BCUT2D eigenvalue weighted by Crippen LogP contribution is -2.08. The van der Waals surface area contributed by atoms with E-state index in [0.29, 0.717) is 35.9 Å². The van der Waals surface area contributed by atoms with Crippen LogP contribution in [0.1, 0.15) is 93.4 Å². The van der Waals surface area contributed by atoms with Crippen molar-refractivity contribution in [3.05, 3.63) is 59.6 Å². The molecule has 6 heteroatoms. The molecule has 36 heavy (non-hydrogen) atoms. The molecular weight excluding hydrogens is 450 g/mol. The van der Waals surface area contributed by atoms with Crippen LogP contribution in [0.4, 0.5) is 0 Å². The number of allylic oxidation sites excluding steroid dienone is 3. The van der Waals surface area contributed by atoms with Gasteiger partial charge in [-0.2, -0.15) is 0 Å². The van der Waals surface area contributed by atoms with Crippen LogP contribution in [0.15, 0.2) is 47.6 Å². The van der Waals surface area contributed by atoms with Gasteiger partial charge in [-0.05, 0) is 76.8 Å². The molecule has 0 unspecified atom stereocenters. The SMILES string of the molecule is C=CCCCCCCCCCC1=NC(=Cc2[nH]c(-c3ccc(C)[nH]3)c(C(=O)OCC)c2OCC)C=C1. The molecule has 0 saturated heterocycles. The molecule has 2 aromatic heterocycles. The molecule has 1 aliphatic rings. The lowest BCUT2D eigenvalue weighted by atomic mass is 10.1. The third-order valence-corrected chi connectivity index (χ3v) is 6.20. The minimum Gasteiger partial charge on any atom is -0.491 e. The molecule has 0 atom stereocenters. The quantitative estimate of drug-likeness (QED) is 0.142. The number of ether oxygens (including phenoxy) is 2. The number of aromatic nitrogens is 2. The lowest BCUT2D eigenvalue weighted by Gasteiger charge is -2.07. The van der Waals surface area contributed by atoms with Gasteiger partial charge in [0, 0.05) is 11.4 Å². The van der Waals surface area contributed by atoms with E-state index in [0.717, 1.165) is 42.1 Å². The second kappa shape index (κ2) is 14.3. The highest BCUT2D eigenvalue weighted by Crippen LogP contribution is 2.36. The summed E-state index contributed by atoms with van der Waals surface area (Å²) < 4.78 is 11.3. The predicted octanol–water partition coefficient (Wildman–Crippen LogP) is 7.94. The van der Waals surface area contributed by atoms with Crippen LogP contribution in [0, 0.1) is 6.92 Å². The number of aliphatic imine (C=N–C) groups is 1. The Morgan fingerprint density at radius 3 is 2.42 bits per heavy atom. The van der Waals surface area contributed by atoms with Crippen molar-refractivity contribution in [2.75, 3.05) is 13.2 Å². The Morgan fingerprint density at radius 1 is 1.00 bits per heavy atom. The minimum atomic E-state index is -0.407. The maximum absolute atomic E-state index is 12.9. The summed E-state index contributed by atoms with van der Waals surface area (Å²) in [5.74, 6) is 0.0896. The molecule has 0 aliphatic carbocycles. The fraction of sp³-hybridized carbons (Fsp3) is 0.467. The number of aromatic amines is 2. The number of hydrogen-bond donors (Lipinski definition) is 2. The van der Waals surface area contributed by atoms with Gasteiger partial charge in [0.2, 0.25) is 0 Å². The molecule has 0 saturated carbocycles. The van der Waals surface area contributed by atoms with Crippen LogP contribution in [0.25, 0.3) is 17.5 Å². The first-order valence-electron chi connectivity index (χ1n) is 13.4. The Labute approximate surface area is 215 Å². The second-order valence-electron chi connectivity index (χ2n) is 9.13. The van der Waals surface area contributed by atoms with E-state index in [-0.39, 0.29) is 0 Å². The average Bonchev–Trinajstić information content (AvgIpc) is 3.58. The summed E-state index contributed by atoms with van der Waals surface area (Å²) in [6.45, 7) is 10.2. The molecule has 1 aliphatic heterocycles. The topological polar surface area (TPSA) is 79.5 Å². The van der Waals surface area contributed by atoms with E-state index in [1.54, 1.807) is 6.92 Å². The maximum atomic E-state index is 12.9. The van der Waals surface area contributed by atoms with Gasteiger partial charge >= 0.3 is 5.97 Å². The van der Waals surface area contributed by atoms with Crippen LogP contribution in [0.3, 0.4) is 0 Å². The zero-order valence-electron chi connectivity index (χ0n) is 22.1. The van der Waals surface area contributed by atoms with Crippen molar-refractivity contribution in [1.29, 1.82) is 0 Å². The molecule has 0 amide bonds. The number of unbranched alkanes of at least 4 members (excludes halogenated alkanes) is 7. The van der Waals surface area contributed by atoms with Gasteiger partial charge in [-0.15, -0.1) is 6.58 Å². The zero-order chi connectivity index (χ0) is 25.8. The number of carbonyl (C=O) groups is 1. The van der Waals surface area contributed by atoms with Crippen molar-refractivity contribution in [3.63, 3.8) is 0 Å². The largest absolute Gasteiger partial charge is 0.491 e. The Balaban J connectivity index is 1.69. The van der Waals surface area contributed by atoms with Gasteiger partial charge in [-0.3, -0.25) is 4.99 Å². The van der Waals surface area contributed by atoms with Crippen molar-refractivity contribution >= 4 is 17.8 Å². The third-order valence-electron chi connectivity index (χ3n) is 6.20. The van der Waals surface area contributed by atoms with Crippen LogP contribution in [-0.4, -0.2) is 34.9 Å². The van der Waals surface area contributed by atoms with E-state index in [4.69, 9.17) is 14.5 Å². The van der Waals surface area contributed by atoms with Crippen molar-refractivity contribution < 1.29 is 14.3 Å². The molecule has 2 aromatic rings. The van der Waals surface area contributed by atoms with Crippen LogP contribution in [0.5, 0.6) is 5.75 Å². The fourth-order valence-electron chi connectivity index (χ4n) is 4.42. The summed E-state index contributed by atoms with van der Waals surface area (Å²) in [7, 11) is 0. The van der Waals surface area contributed by atoms with E-state index >= 15 is 0 Å². The number of aryl methyl sites for hydroxylation is 1. The summed E-state index contributed by atoms with van der Waals surface area (Å²) in [6.07, 6.45) is 19.0. The van der Waals surface area contributed by atoms with E-state index in [2.05, 4.69) is 22.6 Å². The normalized spacial score (nSPS) is 13.9. The first kappa shape index (κ1) is 27.3. The molecule has 6 nitrogen and oxygen atoms in total. The van der Waals surface area contributed by atoms with Crippen LogP contribution >= 0.6 is 0 Å². The summed E-state index contributed by atoms with van der Waals surface area (Å²) in [6, 6.07) is 3.92. The molecular formula is C30H41N3O3. The smallest absolute Gasteiger partial charge is 0.344 e. The van der Waals surface area contributed by atoms with Gasteiger partial charge in [0.25, 0.3) is 0 Å². The molecule has 0 radical (unpaired) electrons. The molecule has 194 valence electrons. The Hall–Kier alpha value is -3.28. The van der Waals surface area contributed by atoms with E-state index in [1.807, 2.05) is 44.2 Å². The number of carbonyl (C=O) groups excluding carboxylic acids is 1. The van der Waals surface area contributed by atoms with Gasteiger partial charge in [0.1, 0.15) is 5.56 Å². The highest BCUT2D eigenvalue weighted by molar-refractivity contribution is 6.02. The Kier molecular flexibility index (Phi) is 10.9. The summed E-state index contributed by atoms with van der Waals surface area (Å²) >= 11 is 0. The molecule has 0 bridgehead atoms. The van der Waals surface area contributed by atoms with Crippen LogP contribution < -0.4 is 4.74 Å². The number of hydrogen-bond acceptors (Lipinski definition) is 4. The first-order valence-corrected chi connectivity index (χ1v) is 13.4. The number of nitrogens with one attached hydrogen (secondary N) is 2. The molecule has 0 aromatic carbocycles. The predicted molar refractivity (Wildman–Crippen MR) is 149 cm³/mol. The molecule has 0 fully saturated rings. The number of esters is 1. The average molecular weight is 492 g/mol. The van der Waals surface area contributed by atoms with Gasteiger partial charge in [-0.25, -0.2) is 4.79 Å². The fourth-order valence-corrected chi connectivity index (χ4v) is 4.42. The van der Waals surface area contributed by atoms with Gasteiger partial charge in [0.15, 0.2) is 5.75 Å². The maximum Gasteiger partial charge on any atom is 0.344 e. The minimum absolute atomic E-state index is 0.293. The van der Waals surface area contributed by atoms with E-state index in [1.165, 1.54) is 38.5 Å². The highest BCUT2D eigenvalue weighted by Gasteiger charge is 2.27. The van der Waals surface area contributed by atoms with Crippen molar-refractivity contribution in [1.82, 2.24) is 9.97 Å². The molecule has 3 rings (SSSR count). The van der Waals surface area contributed by atoms with Crippen molar-refractivity contribution in [2.24, 2.45) is 4.99 Å². The van der Waals surface area contributed by atoms with Gasteiger partial charge < -0.3 is 19.4 Å². The highest BCUT2D eigenvalue weighted by atomic mass is 16.5. The summed E-state index contributed by atoms with van der Waals surface area (Å²) in [4.78, 5) is 24.4. The van der Waals surface area contributed by atoms with Gasteiger partial charge in [-0.1, -0.05) is 38.2 Å². The van der Waals surface area contributed by atoms with Crippen molar-refractivity contribution in [3.8, 4) is 17.1 Å². The second-order valence-corrected chi connectivity index (χ2v) is 9.13. The summed E-state index contributed by atoms with van der Waals surface area (Å²) in [5.41, 5.74) is 5.54. The summed E-state index contributed by atoms with van der Waals surface area (Å²) in [5, 5.41) is 0. The molecule has 0 spiro atoms. The van der Waals surface area contributed by atoms with Crippen molar-refractivity contribution in [2.45, 2.75) is 78.6 Å². The monoisotopic (exact) mass is 491 g/mol. The van der Waals surface area contributed by atoms with E-state index in [9.17, 15) is 4.79 Å². The zero-order valence-corrected chi connectivity index (χ0v) is 22.1.